The van der Waals surface area contributed by atoms with Crippen molar-refractivity contribution < 1.29 is 0 Å². The third-order valence-corrected chi connectivity index (χ3v) is 1.40. The summed E-state index contributed by atoms with van der Waals surface area (Å²) in [5, 5.41) is 0.572. The largest absolute Gasteiger partial charge is 0.398 e. The molecule has 0 aliphatic carbocycles. The van der Waals surface area contributed by atoms with Crippen molar-refractivity contribution in [2.45, 2.75) is 6.82 Å². The van der Waals surface area contributed by atoms with Crippen LogP contribution < -0.4 is 11.3 Å². The second-order valence-electron chi connectivity index (χ2n) is 1.92. The average Bonchev–Trinajstić information content (AvgIpc) is 1.88. The van der Waals surface area contributed by atoms with E-state index in [2.05, 4.69) is 4.98 Å². The first kappa shape index (κ1) is 7.41. The van der Waals surface area contributed by atoms with E-state index in [4.69, 9.17) is 17.3 Å². The summed E-state index contributed by atoms with van der Waals surface area (Å²) < 4.78 is 0. The first-order valence-electron chi connectivity index (χ1n) is 2.94. The number of rotatable bonds is 1. The summed E-state index contributed by atoms with van der Waals surface area (Å²) in [6, 6.07) is 1.68. The van der Waals surface area contributed by atoms with E-state index in [0.29, 0.717) is 10.7 Å². The second-order valence-corrected chi connectivity index (χ2v) is 2.35. The van der Waals surface area contributed by atoms with Gasteiger partial charge < -0.3 is 5.73 Å². The summed E-state index contributed by atoms with van der Waals surface area (Å²) in [6.45, 7) is 1.88. The second kappa shape index (κ2) is 2.93. The van der Waals surface area contributed by atoms with Crippen LogP contribution in [0.3, 0.4) is 0 Å². The fraction of sp³-hybridized carbons (Fsp3) is 0.167. The van der Waals surface area contributed by atoms with E-state index < -0.39 is 0 Å². The highest BCUT2D eigenvalue weighted by molar-refractivity contribution is 6.53. The lowest BCUT2D eigenvalue weighted by Crippen LogP contribution is -2.19. The van der Waals surface area contributed by atoms with E-state index in [1.165, 1.54) is 0 Å². The maximum Gasteiger partial charge on any atom is 0.177 e. The molecule has 0 aliphatic heterocycles. The van der Waals surface area contributed by atoms with E-state index in [-0.39, 0.29) is 0 Å². The van der Waals surface area contributed by atoms with Crippen LogP contribution in [-0.2, 0) is 0 Å². The zero-order valence-corrected chi connectivity index (χ0v) is 6.39. The van der Waals surface area contributed by atoms with E-state index in [9.17, 15) is 0 Å². The smallest absolute Gasteiger partial charge is 0.177 e. The molecule has 4 heteroatoms. The Morgan fingerprint density at radius 1 is 1.70 bits per heavy atom. The molecule has 51 valence electrons. The molecule has 0 spiro atoms. The quantitative estimate of drug-likeness (QED) is 0.603. The third-order valence-electron chi connectivity index (χ3n) is 1.19. The maximum atomic E-state index is 5.62. The van der Waals surface area contributed by atoms with Gasteiger partial charge in [0.05, 0.1) is 5.02 Å². The fourth-order valence-electron chi connectivity index (χ4n) is 0.707. The van der Waals surface area contributed by atoms with Crippen molar-refractivity contribution in [1.82, 2.24) is 4.98 Å². The van der Waals surface area contributed by atoms with Crippen LogP contribution in [0.15, 0.2) is 12.3 Å². The lowest BCUT2D eigenvalue weighted by atomic mass is 9.77. The third kappa shape index (κ3) is 1.42. The molecule has 2 nitrogen and oxygen atoms in total. The van der Waals surface area contributed by atoms with Crippen LogP contribution >= 0.6 is 11.6 Å². The molecule has 0 bridgehead atoms. The van der Waals surface area contributed by atoms with E-state index in [1.807, 2.05) is 14.1 Å². The maximum absolute atomic E-state index is 5.62. The van der Waals surface area contributed by atoms with Crippen LogP contribution in [0.4, 0.5) is 5.69 Å². The average molecular weight is 153 g/mol. The Labute approximate surface area is 65.6 Å². The molecule has 10 heavy (non-hydrogen) atoms. The number of anilines is 1. The van der Waals surface area contributed by atoms with Crippen LogP contribution in [-0.4, -0.2) is 12.3 Å². The minimum atomic E-state index is 0.572. The monoisotopic (exact) mass is 153 g/mol. The number of nitrogens with two attached hydrogens (primary N) is 1. The highest BCUT2D eigenvalue weighted by atomic mass is 35.5. The van der Waals surface area contributed by atoms with Gasteiger partial charge in [-0.3, -0.25) is 4.98 Å². The molecular formula is C6H7BClN2. The molecular weight excluding hydrogens is 146 g/mol. The van der Waals surface area contributed by atoms with Gasteiger partial charge >= 0.3 is 0 Å². The number of aromatic nitrogens is 1. The molecule has 1 aromatic heterocycles. The molecule has 0 saturated heterocycles. The van der Waals surface area contributed by atoms with Crippen LogP contribution in [0, 0.1) is 0 Å². The SMILES string of the molecule is C[B]c1ncc(Cl)cc1N. The Balaban J connectivity index is 3.07. The Morgan fingerprint density at radius 3 is 2.90 bits per heavy atom. The Kier molecular flexibility index (Phi) is 2.17. The molecule has 1 heterocycles. The number of hydrogen-bond acceptors (Lipinski definition) is 2. The van der Waals surface area contributed by atoms with Crippen LogP contribution in [0.25, 0.3) is 0 Å². The van der Waals surface area contributed by atoms with Gasteiger partial charge in [0.1, 0.15) is 0 Å². The molecule has 0 fully saturated rings. The Bertz CT molecular complexity index is 239. The summed E-state index contributed by atoms with van der Waals surface area (Å²) in [5.41, 5.74) is 6.96. The number of nitrogens with zero attached hydrogens (tertiary/aromatic N) is 1. The van der Waals surface area contributed by atoms with Crippen LogP contribution in [0.1, 0.15) is 0 Å². The van der Waals surface area contributed by atoms with Gasteiger partial charge in [0.15, 0.2) is 7.28 Å². The fourth-order valence-corrected chi connectivity index (χ4v) is 0.873. The van der Waals surface area contributed by atoms with E-state index in [0.717, 1.165) is 5.59 Å². The van der Waals surface area contributed by atoms with Crippen LogP contribution in [0.2, 0.25) is 11.8 Å². The minimum absolute atomic E-state index is 0.572. The molecule has 1 aromatic rings. The number of nitrogen functional groups attached to an aromatic ring is 1. The minimum Gasteiger partial charge on any atom is -0.398 e. The van der Waals surface area contributed by atoms with Crippen molar-refractivity contribution in [3.05, 3.63) is 17.3 Å². The molecule has 0 unspecified atom stereocenters. The molecule has 0 aliphatic rings. The van der Waals surface area contributed by atoms with Gasteiger partial charge in [0, 0.05) is 17.5 Å². The van der Waals surface area contributed by atoms with Crippen molar-refractivity contribution in [3.63, 3.8) is 0 Å². The van der Waals surface area contributed by atoms with Crippen molar-refractivity contribution in [3.8, 4) is 0 Å². The predicted molar refractivity (Wildman–Crippen MR) is 44.9 cm³/mol. The van der Waals surface area contributed by atoms with Crippen molar-refractivity contribution in [2.24, 2.45) is 0 Å². The molecule has 0 saturated carbocycles. The summed E-state index contributed by atoms with van der Waals surface area (Å²) >= 11 is 5.62. The highest BCUT2D eigenvalue weighted by Crippen LogP contribution is 2.07. The molecule has 0 atom stereocenters. The van der Waals surface area contributed by atoms with Crippen molar-refractivity contribution >= 4 is 30.2 Å². The molecule has 0 aromatic carbocycles. The van der Waals surface area contributed by atoms with Crippen molar-refractivity contribution in [2.75, 3.05) is 5.73 Å². The summed E-state index contributed by atoms with van der Waals surface area (Å²) in [7, 11) is 1.84. The molecule has 0 amide bonds. The van der Waals surface area contributed by atoms with Gasteiger partial charge in [0.25, 0.3) is 0 Å². The predicted octanol–water partition coefficient (Wildman–Crippen LogP) is 0.695. The van der Waals surface area contributed by atoms with Crippen LogP contribution in [0.5, 0.6) is 0 Å². The first-order chi connectivity index (χ1) is 4.74. The number of halogens is 1. The first-order valence-corrected chi connectivity index (χ1v) is 3.32. The van der Waals surface area contributed by atoms with E-state index in [1.54, 1.807) is 12.3 Å². The Hall–Kier alpha value is -0.695. The molecule has 1 radical (unpaired) electrons. The zero-order valence-electron chi connectivity index (χ0n) is 5.63. The van der Waals surface area contributed by atoms with E-state index >= 15 is 0 Å². The lowest BCUT2D eigenvalue weighted by Gasteiger charge is -1.99. The number of hydrogen-bond donors (Lipinski definition) is 1. The normalized spacial score (nSPS) is 9.40. The summed E-state index contributed by atoms with van der Waals surface area (Å²) in [5.74, 6) is 0. The van der Waals surface area contributed by atoms with Crippen molar-refractivity contribution in [1.29, 1.82) is 0 Å². The standard InChI is InChI=1S/C6H7BClN2/c1-7-6-5(9)2-4(8)3-10-6/h2-3H,9H2,1H3. The molecule has 1 rings (SSSR count). The topological polar surface area (TPSA) is 38.9 Å². The molecule has 2 N–H and O–H groups in total. The lowest BCUT2D eigenvalue weighted by molar-refractivity contribution is 1.39. The Morgan fingerprint density at radius 2 is 2.40 bits per heavy atom. The van der Waals surface area contributed by atoms with Gasteiger partial charge in [-0.2, -0.15) is 0 Å². The zero-order chi connectivity index (χ0) is 7.56. The van der Waals surface area contributed by atoms with Gasteiger partial charge in [0.2, 0.25) is 0 Å². The van der Waals surface area contributed by atoms with Gasteiger partial charge in [-0.05, 0) is 6.07 Å². The number of pyridine rings is 1. The van der Waals surface area contributed by atoms with Gasteiger partial charge in [-0.25, -0.2) is 0 Å². The van der Waals surface area contributed by atoms with Gasteiger partial charge in [-0.1, -0.05) is 18.4 Å². The summed E-state index contributed by atoms with van der Waals surface area (Å²) in [4.78, 5) is 3.98. The van der Waals surface area contributed by atoms with Gasteiger partial charge in [-0.15, -0.1) is 0 Å². The summed E-state index contributed by atoms with van der Waals surface area (Å²) in [6.07, 6.45) is 1.58. The highest BCUT2D eigenvalue weighted by Gasteiger charge is 1.97.